The topological polar surface area (TPSA) is 113 Å². The van der Waals surface area contributed by atoms with Gasteiger partial charge in [-0.25, -0.2) is 5.43 Å². The highest BCUT2D eigenvalue weighted by Crippen LogP contribution is 2.33. The van der Waals surface area contributed by atoms with E-state index >= 15 is 0 Å². The van der Waals surface area contributed by atoms with Crippen molar-refractivity contribution in [2.45, 2.75) is 24.9 Å². The second-order valence-electron chi connectivity index (χ2n) is 8.50. The number of nitrogens with zero attached hydrogens (tertiary/aromatic N) is 4. The SMILES string of the molecule is C=CC(=O)N1CCC(N2N=C(c3ccc(Oc4ccccc4)cc3)C3C(N)=NNC(=O)C32)CC1. The van der Waals surface area contributed by atoms with Crippen molar-refractivity contribution < 1.29 is 14.3 Å². The summed E-state index contributed by atoms with van der Waals surface area (Å²) in [6, 6.07) is 16.6. The Morgan fingerprint density at radius 2 is 1.76 bits per heavy atom. The minimum Gasteiger partial charge on any atom is -0.457 e. The lowest BCUT2D eigenvalue weighted by atomic mass is 9.88. The van der Waals surface area contributed by atoms with Crippen LogP contribution < -0.4 is 15.9 Å². The maximum atomic E-state index is 12.8. The average molecular weight is 459 g/mol. The molecule has 3 aliphatic heterocycles. The van der Waals surface area contributed by atoms with E-state index in [9.17, 15) is 9.59 Å². The van der Waals surface area contributed by atoms with Gasteiger partial charge < -0.3 is 15.4 Å². The second kappa shape index (κ2) is 9.01. The highest BCUT2D eigenvalue weighted by atomic mass is 16.5. The number of para-hydroxylation sites is 1. The Bertz CT molecular complexity index is 1150. The number of benzene rings is 2. The molecule has 0 saturated carbocycles. The van der Waals surface area contributed by atoms with E-state index in [0.29, 0.717) is 43.2 Å². The van der Waals surface area contributed by atoms with Crippen LogP contribution in [0.5, 0.6) is 11.5 Å². The summed E-state index contributed by atoms with van der Waals surface area (Å²) in [6.07, 6.45) is 2.74. The predicted molar refractivity (Wildman–Crippen MR) is 128 cm³/mol. The molecular formula is C25H26N6O3. The summed E-state index contributed by atoms with van der Waals surface area (Å²) in [6.45, 7) is 4.74. The van der Waals surface area contributed by atoms with Crippen molar-refractivity contribution >= 4 is 23.4 Å². The number of amides is 2. The molecule has 174 valence electrons. The number of nitrogens with one attached hydrogen (secondary N) is 1. The molecular weight excluding hydrogens is 432 g/mol. The first-order chi connectivity index (χ1) is 16.5. The number of likely N-dealkylation sites (tertiary alicyclic amines) is 1. The van der Waals surface area contributed by atoms with Crippen molar-refractivity contribution in [2.75, 3.05) is 13.1 Å². The minimum atomic E-state index is -0.570. The highest BCUT2D eigenvalue weighted by Gasteiger charge is 2.49. The predicted octanol–water partition coefficient (Wildman–Crippen LogP) is 2.06. The van der Waals surface area contributed by atoms with E-state index in [-0.39, 0.29) is 17.9 Å². The molecule has 34 heavy (non-hydrogen) atoms. The summed E-state index contributed by atoms with van der Waals surface area (Å²) in [7, 11) is 0. The number of fused-ring (bicyclic) bond motifs is 1. The monoisotopic (exact) mass is 458 g/mol. The fraction of sp³-hybridized carbons (Fsp3) is 0.280. The molecule has 3 aliphatic rings. The Morgan fingerprint density at radius 3 is 2.44 bits per heavy atom. The quantitative estimate of drug-likeness (QED) is 0.666. The van der Waals surface area contributed by atoms with Crippen LogP contribution in [0.4, 0.5) is 0 Å². The molecule has 2 aromatic carbocycles. The number of rotatable bonds is 5. The molecule has 3 heterocycles. The van der Waals surface area contributed by atoms with E-state index in [0.717, 1.165) is 11.3 Å². The Labute approximate surface area is 197 Å². The van der Waals surface area contributed by atoms with Crippen LogP contribution >= 0.6 is 0 Å². The van der Waals surface area contributed by atoms with E-state index < -0.39 is 12.0 Å². The molecule has 0 aliphatic carbocycles. The molecule has 2 amide bonds. The van der Waals surface area contributed by atoms with Crippen molar-refractivity contribution in [3.63, 3.8) is 0 Å². The van der Waals surface area contributed by atoms with Crippen LogP contribution in [-0.2, 0) is 9.59 Å². The first-order valence-electron chi connectivity index (χ1n) is 11.3. The smallest absolute Gasteiger partial charge is 0.265 e. The van der Waals surface area contributed by atoms with Crippen molar-refractivity contribution in [1.82, 2.24) is 15.3 Å². The Balaban J connectivity index is 1.40. The van der Waals surface area contributed by atoms with Crippen LogP contribution in [0.25, 0.3) is 0 Å². The zero-order chi connectivity index (χ0) is 23.7. The van der Waals surface area contributed by atoms with E-state index in [4.69, 9.17) is 15.6 Å². The molecule has 2 unspecified atom stereocenters. The molecule has 0 spiro atoms. The largest absolute Gasteiger partial charge is 0.457 e. The van der Waals surface area contributed by atoms with Gasteiger partial charge in [0.25, 0.3) is 5.91 Å². The third-order valence-electron chi connectivity index (χ3n) is 6.45. The van der Waals surface area contributed by atoms with Crippen LogP contribution in [0.2, 0.25) is 0 Å². The molecule has 9 heteroatoms. The maximum Gasteiger partial charge on any atom is 0.265 e. The van der Waals surface area contributed by atoms with E-state index in [1.807, 2.05) is 59.6 Å². The van der Waals surface area contributed by atoms with Crippen LogP contribution in [0.15, 0.2) is 77.5 Å². The average Bonchev–Trinajstić information content (AvgIpc) is 3.29. The Hall–Kier alpha value is -4.14. The number of hydrazone groups is 2. The van der Waals surface area contributed by atoms with Gasteiger partial charge in [-0.2, -0.15) is 10.2 Å². The Morgan fingerprint density at radius 1 is 1.09 bits per heavy atom. The molecule has 0 radical (unpaired) electrons. The number of amidine groups is 1. The highest BCUT2D eigenvalue weighted by molar-refractivity contribution is 6.19. The maximum absolute atomic E-state index is 12.8. The second-order valence-corrected chi connectivity index (χ2v) is 8.50. The van der Waals surface area contributed by atoms with Crippen LogP contribution in [0, 0.1) is 5.92 Å². The number of hydrogen-bond donors (Lipinski definition) is 2. The van der Waals surface area contributed by atoms with Crippen LogP contribution in [0.3, 0.4) is 0 Å². The van der Waals surface area contributed by atoms with Crippen molar-refractivity contribution in [2.24, 2.45) is 21.9 Å². The van der Waals surface area contributed by atoms with Gasteiger partial charge in [0.2, 0.25) is 5.91 Å². The van der Waals surface area contributed by atoms with Gasteiger partial charge in [-0.3, -0.25) is 14.6 Å². The van der Waals surface area contributed by atoms with Gasteiger partial charge in [0.1, 0.15) is 23.4 Å². The van der Waals surface area contributed by atoms with E-state index in [1.54, 1.807) is 4.90 Å². The number of hydrogen-bond acceptors (Lipinski definition) is 7. The summed E-state index contributed by atoms with van der Waals surface area (Å²) in [5.74, 6) is 1.03. The van der Waals surface area contributed by atoms with Gasteiger partial charge in [-0.1, -0.05) is 24.8 Å². The molecule has 5 rings (SSSR count). The molecule has 0 bridgehead atoms. The summed E-state index contributed by atoms with van der Waals surface area (Å²) in [5, 5.41) is 10.8. The zero-order valence-electron chi connectivity index (χ0n) is 18.6. The lowest BCUT2D eigenvalue weighted by Crippen LogP contribution is -2.57. The van der Waals surface area contributed by atoms with Gasteiger partial charge in [-0.15, -0.1) is 0 Å². The first kappa shape index (κ1) is 21.7. The fourth-order valence-corrected chi connectivity index (χ4v) is 4.72. The molecule has 1 saturated heterocycles. The standard InChI is InChI=1S/C25H26N6O3/c1-2-20(32)30-14-12-17(13-15-30)31-23-21(24(26)27-28-25(23)33)22(29-31)16-8-10-19(11-9-16)34-18-6-4-3-5-7-18/h2-11,17,21,23H,1,12-15H2,(H2,26,27)(H,28,33). The van der Waals surface area contributed by atoms with Crippen molar-refractivity contribution in [3.8, 4) is 11.5 Å². The van der Waals surface area contributed by atoms with E-state index in [2.05, 4.69) is 17.1 Å². The number of carbonyl (C=O) groups is 2. The van der Waals surface area contributed by atoms with Gasteiger partial charge >= 0.3 is 0 Å². The molecule has 2 aromatic rings. The molecule has 3 N–H and O–H groups in total. The normalized spacial score (nSPS) is 22.4. The molecule has 2 atom stereocenters. The third-order valence-corrected chi connectivity index (χ3v) is 6.45. The summed E-state index contributed by atoms with van der Waals surface area (Å²) >= 11 is 0. The number of carbonyl (C=O) groups excluding carboxylic acids is 2. The zero-order valence-corrected chi connectivity index (χ0v) is 18.6. The number of piperidine rings is 1. The van der Waals surface area contributed by atoms with Gasteiger partial charge in [0.05, 0.1) is 17.7 Å². The van der Waals surface area contributed by atoms with Gasteiger partial charge in [0, 0.05) is 13.1 Å². The van der Waals surface area contributed by atoms with E-state index in [1.165, 1.54) is 6.08 Å². The molecule has 9 nitrogen and oxygen atoms in total. The lowest BCUT2D eigenvalue weighted by molar-refractivity contribution is -0.131. The lowest BCUT2D eigenvalue weighted by Gasteiger charge is -2.39. The van der Waals surface area contributed by atoms with Gasteiger partial charge in [0.15, 0.2) is 0 Å². The first-order valence-corrected chi connectivity index (χ1v) is 11.3. The molecule has 1 fully saturated rings. The van der Waals surface area contributed by atoms with Crippen molar-refractivity contribution in [1.29, 1.82) is 0 Å². The summed E-state index contributed by atoms with van der Waals surface area (Å²) in [5.41, 5.74) is 10.3. The number of ether oxygens (including phenoxy) is 1. The Kier molecular flexibility index (Phi) is 5.75. The molecule has 0 aromatic heterocycles. The number of nitrogens with two attached hydrogens (primary N) is 1. The summed E-state index contributed by atoms with van der Waals surface area (Å²) < 4.78 is 5.89. The van der Waals surface area contributed by atoms with Crippen molar-refractivity contribution in [3.05, 3.63) is 72.8 Å². The minimum absolute atomic E-state index is 0.0104. The van der Waals surface area contributed by atoms with Crippen LogP contribution in [0.1, 0.15) is 18.4 Å². The fourth-order valence-electron chi connectivity index (χ4n) is 4.72. The third kappa shape index (κ3) is 4.00. The van der Waals surface area contributed by atoms with Gasteiger partial charge in [-0.05, 0) is 60.9 Å². The van der Waals surface area contributed by atoms with Crippen LogP contribution in [-0.4, -0.2) is 58.4 Å². The summed E-state index contributed by atoms with van der Waals surface area (Å²) in [4.78, 5) is 26.6.